The molecular formula is C12H20N4O. The number of carbonyl (C=O) groups excluding carboxylic acids is 1. The molecule has 5 heteroatoms. The molecule has 0 atom stereocenters. The zero-order valence-corrected chi connectivity index (χ0v) is 9.91. The molecule has 0 spiro atoms. The van der Waals surface area contributed by atoms with Crippen LogP contribution in [0.1, 0.15) is 28.8 Å². The molecule has 0 aliphatic heterocycles. The van der Waals surface area contributed by atoms with Gasteiger partial charge in [0.1, 0.15) is 0 Å². The van der Waals surface area contributed by atoms with Crippen LogP contribution in [0.15, 0.2) is 24.3 Å². The fraction of sp³-hybridized carbons (Fsp3) is 0.417. The number of hydrogen-bond donors (Lipinski definition) is 4. The van der Waals surface area contributed by atoms with Crippen LogP contribution in [0.5, 0.6) is 0 Å². The monoisotopic (exact) mass is 236 g/mol. The molecular weight excluding hydrogens is 216 g/mol. The third-order valence-electron chi connectivity index (χ3n) is 2.41. The summed E-state index contributed by atoms with van der Waals surface area (Å²) in [7, 11) is 0. The lowest BCUT2D eigenvalue weighted by molar-refractivity contribution is 0.0953. The van der Waals surface area contributed by atoms with Crippen LogP contribution >= 0.6 is 0 Å². The van der Waals surface area contributed by atoms with Gasteiger partial charge in [0.05, 0.1) is 0 Å². The zero-order chi connectivity index (χ0) is 12.5. The van der Waals surface area contributed by atoms with Gasteiger partial charge in [-0.15, -0.1) is 0 Å². The second-order valence-electron chi connectivity index (χ2n) is 3.83. The maximum atomic E-state index is 11.8. The Hall–Kier alpha value is -1.43. The van der Waals surface area contributed by atoms with Crippen molar-refractivity contribution in [3.8, 4) is 0 Å². The molecule has 6 N–H and O–H groups in total. The van der Waals surface area contributed by atoms with Gasteiger partial charge in [0.2, 0.25) is 0 Å². The highest BCUT2D eigenvalue weighted by Gasteiger charge is 2.04. The van der Waals surface area contributed by atoms with Crippen molar-refractivity contribution in [2.24, 2.45) is 11.6 Å². The van der Waals surface area contributed by atoms with E-state index in [9.17, 15) is 4.79 Å². The number of carbonyl (C=O) groups is 1. The summed E-state index contributed by atoms with van der Waals surface area (Å²) in [4.78, 5) is 11.8. The van der Waals surface area contributed by atoms with Crippen LogP contribution in [0, 0.1) is 0 Å². The summed E-state index contributed by atoms with van der Waals surface area (Å²) in [5.74, 6) is 5.18. The summed E-state index contributed by atoms with van der Waals surface area (Å²) in [5.41, 5.74) is 9.59. The third-order valence-corrected chi connectivity index (χ3v) is 2.41. The normalized spacial score (nSPS) is 10.2. The van der Waals surface area contributed by atoms with E-state index in [0.717, 1.165) is 18.4 Å². The number of rotatable bonds is 7. The molecule has 0 fully saturated rings. The van der Waals surface area contributed by atoms with Gasteiger partial charge in [0.15, 0.2) is 0 Å². The van der Waals surface area contributed by atoms with Crippen LogP contribution in [-0.4, -0.2) is 19.0 Å². The maximum Gasteiger partial charge on any atom is 0.251 e. The molecule has 0 heterocycles. The number of benzene rings is 1. The Morgan fingerprint density at radius 1 is 1.29 bits per heavy atom. The van der Waals surface area contributed by atoms with Crippen LogP contribution in [-0.2, 0) is 6.54 Å². The molecule has 0 aromatic heterocycles. The minimum Gasteiger partial charge on any atom is -0.352 e. The first kappa shape index (κ1) is 13.6. The van der Waals surface area contributed by atoms with Gasteiger partial charge in [-0.1, -0.05) is 12.1 Å². The van der Waals surface area contributed by atoms with Gasteiger partial charge in [-0.2, -0.15) is 0 Å². The summed E-state index contributed by atoms with van der Waals surface area (Å²) in [6, 6.07) is 7.39. The largest absolute Gasteiger partial charge is 0.352 e. The van der Waals surface area contributed by atoms with Crippen molar-refractivity contribution >= 4 is 5.91 Å². The van der Waals surface area contributed by atoms with Crippen molar-refractivity contribution < 1.29 is 4.79 Å². The first-order valence-corrected chi connectivity index (χ1v) is 5.78. The van der Waals surface area contributed by atoms with Crippen molar-refractivity contribution in [2.75, 3.05) is 13.1 Å². The molecule has 1 amide bonds. The van der Waals surface area contributed by atoms with Crippen LogP contribution in [0.4, 0.5) is 0 Å². The van der Waals surface area contributed by atoms with Crippen LogP contribution in [0.3, 0.4) is 0 Å². The van der Waals surface area contributed by atoms with E-state index in [1.807, 2.05) is 18.2 Å². The number of unbranched alkanes of at least 4 members (excludes halogenated alkanes) is 1. The van der Waals surface area contributed by atoms with E-state index in [-0.39, 0.29) is 5.91 Å². The van der Waals surface area contributed by atoms with Gasteiger partial charge in [-0.05, 0) is 37.1 Å². The van der Waals surface area contributed by atoms with E-state index in [1.54, 1.807) is 6.07 Å². The molecule has 94 valence electrons. The highest BCUT2D eigenvalue weighted by Crippen LogP contribution is 2.04. The summed E-state index contributed by atoms with van der Waals surface area (Å²) in [5, 5.41) is 2.86. The average molecular weight is 236 g/mol. The molecule has 0 unspecified atom stereocenters. The van der Waals surface area contributed by atoms with Gasteiger partial charge in [-0.3, -0.25) is 16.1 Å². The van der Waals surface area contributed by atoms with Gasteiger partial charge < -0.3 is 11.1 Å². The van der Waals surface area contributed by atoms with E-state index in [0.29, 0.717) is 25.2 Å². The molecule has 0 saturated heterocycles. The molecule has 1 aromatic carbocycles. The Balaban J connectivity index is 2.47. The van der Waals surface area contributed by atoms with Gasteiger partial charge in [0.25, 0.3) is 5.91 Å². The van der Waals surface area contributed by atoms with E-state index < -0.39 is 0 Å². The Morgan fingerprint density at radius 2 is 2.12 bits per heavy atom. The zero-order valence-electron chi connectivity index (χ0n) is 9.91. The molecule has 1 rings (SSSR count). The van der Waals surface area contributed by atoms with Crippen molar-refractivity contribution in [3.05, 3.63) is 35.4 Å². The highest BCUT2D eigenvalue weighted by molar-refractivity contribution is 5.94. The van der Waals surface area contributed by atoms with Crippen molar-refractivity contribution in [1.29, 1.82) is 0 Å². The van der Waals surface area contributed by atoms with E-state index in [4.69, 9.17) is 11.6 Å². The van der Waals surface area contributed by atoms with E-state index in [1.165, 1.54) is 0 Å². The van der Waals surface area contributed by atoms with Gasteiger partial charge in [0, 0.05) is 18.7 Å². The minimum atomic E-state index is -0.0547. The fourth-order valence-corrected chi connectivity index (χ4v) is 1.51. The molecule has 5 nitrogen and oxygen atoms in total. The van der Waals surface area contributed by atoms with Crippen molar-refractivity contribution in [3.63, 3.8) is 0 Å². The topological polar surface area (TPSA) is 93.2 Å². The highest BCUT2D eigenvalue weighted by atomic mass is 16.1. The predicted molar refractivity (Wildman–Crippen MR) is 68.1 cm³/mol. The van der Waals surface area contributed by atoms with Gasteiger partial charge >= 0.3 is 0 Å². The minimum absolute atomic E-state index is 0.0547. The third kappa shape index (κ3) is 4.95. The quantitative estimate of drug-likeness (QED) is 0.307. The summed E-state index contributed by atoms with van der Waals surface area (Å²) >= 11 is 0. The average Bonchev–Trinajstić information content (AvgIpc) is 2.35. The lowest BCUT2D eigenvalue weighted by atomic mass is 10.1. The number of amides is 1. The lowest BCUT2D eigenvalue weighted by Crippen LogP contribution is -2.25. The Morgan fingerprint density at radius 3 is 2.82 bits per heavy atom. The Labute approximate surface area is 102 Å². The van der Waals surface area contributed by atoms with Crippen molar-refractivity contribution in [1.82, 2.24) is 10.7 Å². The van der Waals surface area contributed by atoms with E-state index in [2.05, 4.69) is 10.7 Å². The molecule has 0 bridgehead atoms. The number of nitrogens with two attached hydrogens (primary N) is 2. The SMILES string of the molecule is NCCCCNC(=O)c1cccc(CNN)c1. The Kier molecular flexibility index (Phi) is 6.24. The predicted octanol–water partition coefficient (Wildman–Crippen LogP) is 0.119. The van der Waals surface area contributed by atoms with Crippen LogP contribution < -0.4 is 22.3 Å². The van der Waals surface area contributed by atoms with E-state index >= 15 is 0 Å². The molecule has 0 radical (unpaired) electrons. The summed E-state index contributed by atoms with van der Waals surface area (Å²) < 4.78 is 0. The van der Waals surface area contributed by atoms with Crippen LogP contribution in [0.2, 0.25) is 0 Å². The standard InChI is InChI=1S/C12H20N4O/c13-6-1-2-7-15-12(17)11-5-3-4-10(8-11)9-16-14/h3-5,8,16H,1-2,6-7,9,13-14H2,(H,15,17). The molecule has 0 saturated carbocycles. The first-order chi connectivity index (χ1) is 8.27. The smallest absolute Gasteiger partial charge is 0.251 e. The molecule has 1 aromatic rings. The molecule has 17 heavy (non-hydrogen) atoms. The first-order valence-electron chi connectivity index (χ1n) is 5.78. The Bertz CT molecular complexity index is 354. The number of hydrazine groups is 1. The fourth-order valence-electron chi connectivity index (χ4n) is 1.51. The number of hydrogen-bond acceptors (Lipinski definition) is 4. The van der Waals surface area contributed by atoms with Gasteiger partial charge in [-0.25, -0.2) is 0 Å². The second-order valence-corrected chi connectivity index (χ2v) is 3.83. The lowest BCUT2D eigenvalue weighted by Gasteiger charge is -2.06. The number of nitrogens with one attached hydrogen (secondary N) is 2. The summed E-state index contributed by atoms with van der Waals surface area (Å²) in [6.45, 7) is 1.87. The second kappa shape index (κ2) is 7.78. The van der Waals surface area contributed by atoms with Crippen molar-refractivity contribution in [2.45, 2.75) is 19.4 Å². The molecule has 0 aliphatic rings. The summed E-state index contributed by atoms with van der Waals surface area (Å²) in [6.07, 6.45) is 1.84. The molecule has 0 aliphatic carbocycles. The van der Waals surface area contributed by atoms with Crippen LogP contribution in [0.25, 0.3) is 0 Å². The maximum absolute atomic E-state index is 11.8.